The quantitative estimate of drug-likeness (QED) is 0.496. The largest absolute Gasteiger partial charge is 0.445 e. The van der Waals surface area contributed by atoms with Crippen molar-refractivity contribution in [3.05, 3.63) is 42.5 Å². The SMILES string of the molecule is Cc1nc(N)cc(-c2c(Nc3ccn(C(=O)OC4CCCCC4)n3)nc3cccnn23)n1. The molecule has 0 aliphatic heterocycles. The van der Waals surface area contributed by atoms with Crippen LogP contribution in [-0.4, -0.2) is 46.5 Å². The van der Waals surface area contributed by atoms with Crippen molar-refractivity contribution in [1.82, 2.24) is 34.3 Å². The average molecular weight is 433 g/mol. The highest BCUT2D eigenvalue weighted by molar-refractivity contribution is 5.78. The Morgan fingerprint density at radius 1 is 1.19 bits per heavy atom. The minimum absolute atomic E-state index is 0.0422. The van der Waals surface area contributed by atoms with Crippen LogP contribution in [-0.2, 0) is 4.74 Å². The molecular formula is C21H23N9O2. The minimum Gasteiger partial charge on any atom is -0.445 e. The molecule has 4 aromatic rings. The Morgan fingerprint density at radius 2 is 2.03 bits per heavy atom. The fourth-order valence-corrected chi connectivity index (χ4v) is 3.91. The molecular weight excluding hydrogens is 410 g/mol. The van der Waals surface area contributed by atoms with Crippen LogP contribution in [0, 0.1) is 6.92 Å². The highest BCUT2D eigenvalue weighted by atomic mass is 16.6. The summed E-state index contributed by atoms with van der Waals surface area (Å²) in [5.74, 6) is 1.80. The Kier molecular flexibility index (Phi) is 5.13. The molecule has 5 rings (SSSR count). The molecule has 1 fully saturated rings. The Morgan fingerprint density at radius 3 is 2.84 bits per heavy atom. The molecule has 0 atom stereocenters. The summed E-state index contributed by atoms with van der Waals surface area (Å²) in [6.07, 6.45) is 7.86. The van der Waals surface area contributed by atoms with Crippen molar-refractivity contribution in [2.45, 2.75) is 45.1 Å². The first-order chi connectivity index (χ1) is 15.6. The van der Waals surface area contributed by atoms with Crippen LogP contribution >= 0.6 is 0 Å². The molecule has 1 aliphatic rings. The zero-order chi connectivity index (χ0) is 22.1. The maximum Gasteiger partial charge on any atom is 0.435 e. The van der Waals surface area contributed by atoms with Gasteiger partial charge in [0.1, 0.15) is 23.4 Å². The van der Waals surface area contributed by atoms with Crippen molar-refractivity contribution in [2.24, 2.45) is 0 Å². The highest BCUT2D eigenvalue weighted by Gasteiger charge is 2.21. The first kappa shape index (κ1) is 19.9. The van der Waals surface area contributed by atoms with Gasteiger partial charge in [0.2, 0.25) is 0 Å². The van der Waals surface area contributed by atoms with Crippen LogP contribution in [0.25, 0.3) is 17.0 Å². The van der Waals surface area contributed by atoms with E-state index < -0.39 is 6.09 Å². The van der Waals surface area contributed by atoms with E-state index in [0.717, 1.165) is 25.7 Å². The summed E-state index contributed by atoms with van der Waals surface area (Å²) in [6.45, 7) is 1.77. The molecule has 3 N–H and O–H groups in total. The molecule has 1 saturated carbocycles. The van der Waals surface area contributed by atoms with Gasteiger partial charge in [-0.1, -0.05) is 6.42 Å². The number of ether oxygens (including phenoxy) is 1. The van der Waals surface area contributed by atoms with Crippen LogP contribution in [0.4, 0.5) is 22.2 Å². The van der Waals surface area contributed by atoms with Crippen molar-refractivity contribution < 1.29 is 9.53 Å². The number of nitrogens with two attached hydrogens (primary N) is 1. The van der Waals surface area contributed by atoms with Crippen molar-refractivity contribution in [3.63, 3.8) is 0 Å². The first-order valence-electron chi connectivity index (χ1n) is 10.6. The van der Waals surface area contributed by atoms with Gasteiger partial charge in [-0.05, 0) is 44.7 Å². The third-order valence-electron chi connectivity index (χ3n) is 5.34. The number of nitrogens with one attached hydrogen (secondary N) is 1. The molecule has 0 aromatic carbocycles. The lowest BCUT2D eigenvalue weighted by Crippen LogP contribution is -2.24. The van der Waals surface area contributed by atoms with E-state index in [9.17, 15) is 4.79 Å². The van der Waals surface area contributed by atoms with Crippen LogP contribution in [0.2, 0.25) is 0 Å². The fourth-order valence-electron chi connectivity index (χ4n) is 3.91. The molecule has 0 radical (unpaired) electrons. The third kappa shape index (κ3) is 3.96. The molecule has 1 aliphatic carbocycles. The molecule has 164 valence electrons. The van der Waals surface area contributed by atoms with Crippen molar-refractivity contribution in [3.8, 4) is 11.4 Å². The number of rotatable bonds is 4. The molecule has 11 heteroatoms. The van der Waals surface area contributed by atoms with Gasteiger partial charge >= 0.3 is 6.09 Å². The van der Waals surface area contributed by atoms with Gasteiger partial charge < -0.3 is 15.8 Å². The number of aromatic nitrogens is 7. The van der Waals surface area contributed by atoms with Gasteiger partial charge in [-0.2, -0.15) is 9.78 Å². The third-order valence-corrected chi connectivity index (χ3v) is 5.34. The van der Waals surface area contributed by atoms with Crippen molar-refractivity contribution >= 4 is 29.2 Å². The Hall–Kier alpha value is -4.02. The summed E-state index contributed by atoms with van der Waals surface area (Å²) in [6, 6.07) is 6.98. The van der Waals surface area contributed by atoms with E-state index in [1.54, 1.807) is 42.0 Å². The normalized spacial score (nSPS) is 14.5. The van der Waals surface area contributed by atoms with E-state index in [-0.39, 0.29) is 6.10 Å². The van der Waals surface area contributed by atoms with E-state index in [1.807, 2.05) is 6.07 Å². The van der Waals surface area contributed by atoms with Gasteiger partial charge in [0, 0.05) is 24.5 Å². The van der Waals surface area contributed by atoms with Crippen LogP contribution in [0.1, 0.15) is 37.9 Å². The summed E-state index contributed by atoms with van der Waals surface area (Å²) in [7, 11) is 0. The molecule has 0 bridgehead atoms. The standard InChI is InChI=1S/C21H23N9O2/c1-13-24-15(12-16(22)25-13)19-20(27-18-8-5-10-23-30(18)19)26-17-9-11-29(28-17)21(31)32-14-6-3-2-4-7-14/h5,8-12,14H,2-4,6-7H2,1H3,(H,26,28)(H2,22,24,25). The topological polar surface area (TPSA) is 138 Å². The van der Waals surface area contributed by atoms with Gasteiger partial charge in [-0.25, -0.2) is 24.3 Å². The van der Waals surface area contributed by atoms with E-state index >= 15 is 0 Å². The summed E-state index contributed by atoms with van der Waals surface area (Å²) < 4.78 is 8.44. The fraction of sp³-hybridized carbons (Fsp3) is 0.333. The Labute approximate surface area is 183 Å². The van der Waals surface area contributed by atoms with Gasteiger partial charge in [0.25, 0.3) is 0 Å². The average Bonchev–Trinajstić information content (AvgIpc) is 3.38. The zero-order valence-corrected chi connectivity index (χ0v) is 17.6. The molecule has 32 heavy (non-hydrogen) atoms. The second-order valence-electron chi connectivity index (χ2n) is 7.74. The summed E-state index contributed by atoms with van der Waals surface area (Å²) >= 11 is 0. The van der Waals surface area contributed by atoms with Gasteiger partial charge in [-0.15, -0.1) is 5.10 Å². The second-order valence-corrected chi connectivity index (χ2v) is 7.74. The molecule has 4 heterocycles. The number of anilines is 3. The zero-order valence-electron chi connectivity index (χ0n) is 17.6. The second kappa shape index (κ2) is 8.25. The monoisotopic (exact) mass is 433 g/mol. The van der Waals surface area contributed by atoms with E-state index in [4.69, 9.17) is 10.5 Å². The predicted octanol–water partition coefficient (Wildman–Crippen LogP) is 3.33. The number of carbonyl (C=O) groups is 1. The van der Waals surface area contributed by atoms with Gasteiger partial charge in [0.15, 0.2) is 17.3 Å². The molecule has 0 amide bonds. The molecule has 0 unspecified atom stereocenters. The van der Waals surface area contributed by atoms with Gasteiger partial charge in [-0.3, -0.25) is 0 Å². The smallest absolute Gasteiger partial charge is 0.435 e. The first-order valence-corrected chi connectivity index (χ1v) is 10.6. The number of fused-ring (bicyclic) bond motifs is 1. The van der Waals surface area contributed by atoms with Gasteiger partial charge in [0.05, 0.1) is 5.69 Å². The minimum atomic E-state index is -0.485. The van der Waals surface area contributed by atoms with E-state index in [2.05, 4.69) is 30.5 Å². The summed E-state index contributed by atoms with van der Waals surface area (Å²) in [5.41, 5.74) is 7.74. The maximum atomic E-state index is 12.5. The van der Waals surface area contributed by atoms with Crippen LogP contribution in [0.3, 0.4) is 0 Å². The predicted molar refractivity (Wildman–Crippen MR) is 117 cm³/mol. The van der Waals surface area contributed by atoms with Crippen molar-refractivity contribution in [2.75, 3.05) is 11.1 Å². The number of nitrogen functional groups attached to an aromatic ring is 1. The number of aryl methyl sites for hydroxylation is 1. The van der Waals surface area contributed by atoms with Crippen LogP contribution < -0.4 is 11.1 Å². The maximum absolute atomic E-state index is 12.5. The van der Waals surface area contributed by atoms with Crippen molar-refractivity contribution in [1.29, 1.82) is 0 Å². The number of imidazole rings is 1. The Bertz CT molecular complexity index is 1250. The number of nitrogens with zero attached hydrogens (tertiary/aromatic N) is 7. The van der Waals surface area contributed by atoms with Crippen LogP contribution in [0.15, 0.2) is 36.7 Å². The molecule has 4 aromatic heterocycles. The summed E-state index contributed by atoms with van der Waals surface area (Å²) in [5, 5.41) is 11.9. The molecule has 0 saturated heterocycles. The lowest BCUT2D eigenvalue weighted by Gasteiger charge is -2.21. The van der Waals surface area contributed by atoms with E-state index in [0.29, 0.717) is 40.3 Å². The molecule has 11 nitrogen and oxygen atoms in total. The van der Waals surface area contributed by atoms with E-state index in [1.165, 1.54) is 11.1 Å². The number of carbonyl (C=O) groups excluding carboxylic acids is 1. The highest BCUT2D eigenvalue weighted by Crippen LogP contribution is 2.30. The van der Waals surface area contributed by atoms with Crippen LogP contribution in [0.5, 0.6) is 0 Å². The lowest BCUT2D eigenvalue weighted by atomic mass is 9.98. The lowest BCUT2D eigenvalue weighted by molar-refractivity contribution is 0.0741. The summed E-state index contributed by atoms with van der Waals surface area (Å²) in [4.78, 5) is 25.7. The number of hydrogen-bond donors (Lipinski definition) is 2. The Balaban J connectivity index is 1.44. The molecule has 0 spiro atoms. The number of hydrogen-bond acceptors (Lipinski definition) is 9.